The van der Waals surface area contributed by atoms with Gasteiger partial charge in [0.15, 0.2) is 6.10 Å². The molecule has 0 radical (unpaired) electrons. The number of aliphatic hydroxyl groups excluding tert-OH is 2. The molecule has 0 saturated carbocycles. The highest BCUT2D eigenvalue weighted by Crippen LogP contribution is 2.45. The molecule has 4 N–H and O–H groups in total. The maximum Gasteiger partial charge on any atom is 0.472 e. The molecule has 0 spiro atoms. The Hall–Kier alpha value is -4.05. The van der Waals surface area contributed by atoms with E-state index in [0.717, 1.165) is 135 Å². The summed E-state index contributed by atoms with van der Waals surface area (Å²) in [5.74, 6) is -1.56. The molecule has 0 aliphatic carbocycles. The molecule has 654 valence electrons. The van der Waals surface area contributed by atoms with Crippen molar-refractivity contribution in [3.8, 4) is 0 Å². The van der Waals surface area contributed by atoms with E-state index in [1.807, 2.05) is 0 Å². The molecule has 5 unspecified atom stereocenters. The molecule has 0 rings (SSSR count). The Kier molecular flexibility index (Phi) is 84.1. The van der Waals surface area contributed by atoms with Crippen LogP contribution in [0.3, 0.4) is 0 Å². The van der Waals surface area contributed by atoms with Gasteiger partial charge in [-0.1, -0.05) is 393 Å². The first-order valence-corrected chi connectivity index (χ1v) is 48.8. The number of carbonyl (C=O) groups is 3. The number of phosphoric acid groups is 2. The number of esters is 3. The van der Waals surface area contributed by atoms with Gasteiger partial charge in [-0.05, 0) is 116 Å². The number of allylic oxidation sites excluding steroid dienone is 20. The minimum Gasteiger partial charge on any atom is -0.463 e. The average molecular weight is 1630 g/mol. The molecule has 0 aromatic heterocycles. The van der Waals surface area contributed by atoms with Crippen molar-refractivity contribution in [2.24, 2.45) is 0 Å². The van der Waals surface area contributed by atoms with E-state index in [4.69, 9.17) is 32.3 Å². The maximum atomic E-state index is 13.0. The van der Waals surface area contributed by atoms with E-state index in [9.17, 15) is 43.5 Å². The van der Waals surface area contributed by atoms with Crippen molar-refractivity contribution in [1.29, 1.82) is 0 Å². The second kappa shape index (κ2) is 87.3. The van der Waals surface area contributed by atoms with Crippen LogP contribution in [0, 0.1) is 0 Å². The fourth-order valence-corrected chi connectivity index (χ4v) is 14.3. The molecule has 0 amide bonds. The standard InChI is InChI=1S/C95H168O16P2/c1-4-7-10-13-16-19-22-25-28-30-32-34-36-38-40-41-42-43-44-45-46-47-49-51-52-54-56-58-61-63-66-69-72-75-78-81-93(98)105-84-90(96)85-107-112(101,102)108-86-91(97)87-109-113(103,104)110-89-92(111-95(100)83-80-77-74-71-68-65-60-27-24-21-18-15-12-9-6-3)88-106-94(99)82-79-76-73-70-67-64-62-59-57-55-53-50-48-39-37-35-33-31-29-26-23-20-17-14-11-8-5-2/h7,10,16-17,19-20,25-26,28-29,32-35,38-40,42-43,48,90-92,96-97H,4-6,8-9,11-15,18,21-24,27,30-31,36-37,41,44-47,49-89H2,1-3H3,(H,101,102)(H,103,104)/b10-7-,19-16-,20-17-,28-25-,29-26-,34-32-,35-33-,40-38-,43-42-,48-39-. The molecule has 16 nitrogen and oxygen atoms in total. The summed E-state index contributed by atoms with van der Waals surface area (Å²) in [4.78, 5) is 58.9. The quantitative estimate of drug-likeness (QED) is 0.0146. The predicted octanol–water partition coefficient (Wildman–Crippen LogP) is 28.0. The zero-order chi connectivity index (χ0) is 82.2. The molecule has 5 atom stereocenters. The van der Waals surface area contributed by atoms with Crippen molar-refractivity contribution >= 4 is 33.6 Å². The normalized spacial score (nSPS) is 14.4. The van der Waals surface area contributed by atoms with Gasteiger partial charge in [0, 0.05) is 19.3 Å². The lowest BCUT2D eigenvalue weighted by Crippen LogP contribution is -2.30. The fourth-order valence-electron chi connectivity index (χ4n) is 12.7. The van der Waals surface area contributed by atoms with Crippen LogP contribution < -0.4 is 0 Å². The third-order valence-electron chi connectivity index (χ3n) is 19.7. The third-order valence-corrected chi connectivity index (χ3v) is 21.6. The SMILES string of the molecule is CC/C=C\C/C=C\C/C=C\C/C=C\C/C=C\C/C=C\CCCCCCCCCCCCCCCCCCC(=O)OCC(O)COP(=O)(O)OCC(O)COP(=O)(O)OCC(COC(=O)CCCCCCCCCCCCC/C=C\C/C=C\C/C=C\C/C=C\CCCCC)OC(=O)CCCCCCCCCCCCCCCCC. The van der Waals surface area contributed by atoms with Gasteiger partial charge in [0.2, 0.25) is 0 Å². The number of carbonyl (C=O) groups excluding carboxylic acids is 3. The van der Waals surface area contributed by atoms with E-state index in [1.54, 1.807) is 0 Å². The van der Waals surface area contributed by atoms with E-state index in [1.165, 1.54) is 212 Å². The zero-order valence-corrected chi connectivity index (χ0v) is 73.8. The van der Waals surface area contributed by atoms with Crippen molar-refractivity contribution in [1.82, 2.24) is 0 Å². The molecule has 0 heterocycles. The highest BCUT2D eigenvalue weighted by molar-refractivity contribution is 7.47. The Balaban J connectivity index is 4.43. The Labute approximate surface area is 691 Å². The maximum absolute atomic E-state index is 13.0. The van der Waals surface area contributed by atoms with Crippen LogP contribution in [0.25, 0.3) is 0 Å². The number of unbranched alkanes of at least 4 members (excludes halogenated alkanes) is 44. The molecule has 0 saturated heterocycles. The van der Waals surface area contributed by atoms with Gasteiger partial charge in [-0.3, -0.25) is 32.5 Å². The Morgan fingerprint density at radius 2 is 0.469 bits per heavy atom. The van der Waals surface area contributed by atoms with Crippen molar-refractivity contribution in [2.45, 2.75) is 424 Å². The van der Waals surface area contributed by atoms with E-state index in [2.05, 4.69) is 142 Å². The summed E-state index contributed by atoms with van der Waals surface area (Å²) < 4.78 is 61.4. The first-order valence-electron chi connectivity index (χ1n) is 45.8. The van der Waals surface area contributed by atoms with Gasteiger partial charge in [0.25, 0.3) is 0 Å². The van der Waals surface area contributed by atoms with Gasteiger partial charge in [-0.15, -0.1) is 0 Å². The average Bonchev–Trinajstić information content (AvgIpc) is 0.904. The first kappa shape index (κ1) is 109. The Bertz CT molecular complexity index is 2540. The van der Waals surface area contributed by atoms with Crippen LogP contribution in [0.4, 0.5) is 0 Å². The summed E-state index contributed by atoms with van der Waals surface area (Å²) in [6, 6.07) is 0. The molecule has 113 heavy (non-hydrogen) atoms. The molecule has 0 aromatic carbocycles. The summed E-state index contributed by atoms with van der Waals surface area (Å²) in [6.45, 7) is 2.61. The van der Waals surface area contributed by atoms with Crippen LogP contribution in [0.5, 0.6) is 0 Å². The lowest BCUT2D eigenvalue weighted by atomic mass is 10.0. The number of ether oxygens (including phenoxy) is 3. The molecule has 0 aromatic rings. The second-order valence-electron chi connectivity index (χ2n) is 30.7. The summed E-state index contributed by atoms with van der Waals surface area (Å²) in [5, 5.41) is 20.7. The van der Waals surface area contributed by atoms with E-state index in [0.29, 0.717) is 19.3 Å². The second-order valence-corrected chi connectivity index (χ2v) is 33.6. The van der Waals surface area contributed by atoms with Crippen LogP contribution in [-0.2, 0) is 55.8 Å². The minimum atomic E-state index is -4.93. The zero-order valence-electron chi connectivity index (χ0n) is 72.0. The van der Waals surface area contributed by atoms with Gasteiger partial charge in [0.1, 0.15) is 25.4 Å². The van der Waals surface area contributed by atoms with Crippen molar-refractivity contribution in [3.05, 3.63) is 122 Å². The predicted molar refractivity (Wildman–Crippen MR) is 473 cm³/mol. The van der Waals surface area contributed by atoms with E-state index in [-0.39, 0.29) is 19.3 Å². The summed E-state index contributed by atoms with van der Waals surface area (Å²) in [6.07, 6.45) is 107. The van der Waals surface area contributed by atoms with E-state index < -0.39 is 91.5 Å². The molecule has 0 fully saturated rings. The highest BCUT2D eigenvalue weighted by Gasteiger charge is 2.29. The van der Waals surface area contributed by atoms with Crippen LogP contribution in [-0.4, -0.2) is 95.9 Å². The Morgan fingerprint density at radius 3 is 0.761 bits per heavy atom. The van der Waals surface area contributed by atoms with Crippen molar-refractivity contribution in [2.75, 3.05) is 39.6 Å². The number of rotatable bonds is 87. The van der Waals surface area contributed by atoms with Gasteiger partial charge in [-0.2, -0.15) is 0 Å². The number of aliphatic hydroxyl groups is 2. The van der Waals surface area contributed by atoms with Crippen LogP contribution in [0.2, 0.25) is 0 Å². The van der Waals surface area contributed by atoms with Crippen LogP contribution in [0.15, 0.2) is 122 Å². The molecule has 18 heteroatoms. The fraction of sp³-hybridized carbons (Fsp3) is 0.758. The first-order chi connectivity index (χ1) is 55.2. The smallest absolute Gasteiger partial charge is 0.463 e. The van der Waals surface area contributed by atoms with E-state index >= 15 is 0 Å². The number of hydrogen-bond acceptors (Lipinski definition) is 14. The molecule has 0 bridgehead atoms. The van der Waals surface area contributed by atoms with Gasteiger partial charge >= 0.3 is 33.6 Å². The van der Waals surface area contributed by atoms with Crippen molar-refractivity contribution < 1.29 is 75.8 Å². The van der Waals surface area contributed by atoms with Crippen LogP contribution in [0.1, 0.15) is 406 Å². The monoisotopic (exact) mass is 1630 g/mol. The summed E-state index contributed by atoms with van der Waals surface area (Å²) in [5.41, 5.74) is 0. The van der Waals surface area contributed by atoms with Crippen LogP contribution >= 0.6 is 15.6 Å². The Morgan fingerprint density at radius 1 is 0.257 bits per heavy atom. The highest BCUT2D eigenvalue weighted by atomic mass is 31.2. The van der Waals surface area contributed by atoms with Crippen molar-refractivity contribution in [3.63, 3.8) is 0 Å². The van der Waals surface area contributed by atoms with Gasteiger partial charge in [0.05, 0.1) is 26.4 Å². The topological polar surface area (TPSA) is 231 Å². The number of hydrogen-bond donors (Lipinski definition) is 4. The van der Waals surface area contributed by atoms with Gasteiger partial charge in [-0.25, -0.2) is 9.13 Å². The molecular weight excluding hydrogens is 1460 g/mol. The third kappa shape index (κ3) is 88.6. The molecular formula is C95H168O16P2. The summed E-state index contributed by atoms with van der Waals surface area (Å²) >= 11 is 0. The molecule has 0 aliphatic heterocycles. The van der Waals surface area contributed by atoms with Gasteiger partial charge < -0.3 is 34.2 Å². The number of phosphoric ester groups is 2. The molecule has 0 aliphatic rings. The lowest BCUT2D eigenvalue weighted by Gasteiger charge is -2.21. The lowest BCUT2D eigenvalue weighted by molar-refractivity contribution is -0.161. The largest absolute Gasteiger partial charge is 0.472 e. The minimum absolute atomic E-state index is 0.108. The summed E-state index contributed by atoms with van der Waals surface area (Å²) in [7, 11) is -9.79.